The quantitative estimate of drug-likeness (QED) is 0.436. The lowest BCUT2D eigenvalue weighted by atomic mass is 10.1. The molecule has 14 heteroatoms. The van der Waals surface area contributed by atoms with Crippen molar-refractivity contribution in [2.45, 2.75) is 45.1 Å². The Morgan fingerprint density at radius 2 is 1.77 bits per heavy atom. The van der Waals surface area contributed by atoms with E-state index in [-0.39, 0.29) is 42.2 Å². The van der Waals surface area contributed by atoms with Crippen molar-refractivity contribution in [2.24, 2.45) is 0 Å². The molecule has 2 aliphatic rings. The maximum absolute atomic E-state index is 14.6. The number of amides is 4. The summed E-state index contributed by atoms with van der Waals surface area (Å²) in [5.41, 5.74) is -0.631. The Balaban J connectivity index is 1.39. The first-order valence-electron chi connectivity index (χ1n) is 13.7. The molecule has 12 nitrogen and oxygen atoms in total. The molecule has 2 saturated heterocycles. The lowest BCUT2D eigenvalue weighted by Gasteiger charge is -2.34. The van der Waals surface area contributed by atoms with Gasteiger partial charge in [0, 0.05) is 43.1 Å². The van der Waals surface area contributed by atoms with Crippen LogP contribution < -0.4 is 15.5 Å². The third-order valence-corrected chi connectivity index (χ3v) is 6.61. The molecule has 2 fully saturated rings. The largest absolute Gasteiger partial charge is 0.444 e. The van der Waals surface area contributed by atoms with Gasteiger partial charge in [-0.1, -0.05) is 6.07 Å². The number of benzene rings is 2. The van der Waals surface area contributed by atoms with Crippen molar-refractivity contribution in [1.29, 1.82) is 0 Å². The summed E-state index contributed by atoms with van der Waals surface area (Å²) >= 11 is 0. The fraction of sp³-hybridized carbons (Fsp3) is 0.448. The van der Waals surface area contributed by atoms with Crippen molar-refractivity contribution >= 4 is 35.2 Å². The van der Waals surface area contributed by atoms with Crippen LogP contribution in [0, 0.1) is 11.6 Å². The molecule has 232 valence electrons. The minimum Gasteiger partial charge on any atom is -0.444 e. The summed E-state index contributed by atoms with van der Waals surface area (Å²) in [5.74, 6) is -3.84. The van der Waals surface area contributed by atoms with Crippen molar-refractivity contribution in [3.63, 3.8) is 0 Å². The van der Waals surface area contributed by atoms with Gasteiger partial charge in [-0.2, -0.15) is 0 Å². The van der Waals surface area contributed by atoms with Gasteiger partial charge in [-0.15, -0.1) is 0 Å². The predicted molar refractivity (Wildman–Crippen MR) is 149 cm³/mol. The Kier molecular flexibility index (Phi) is 9.94. The molecule has 2 atom stereocenters. The molecule has 2 aromatic carbocycles. The van der Waals surface area contributed by atoms with E-state index in [1.165, 1.54) is 34.1 Å². The van der Waals surface area contributed by atoms with Crippen molar-refractivity contribution in [2.75, 3.05) is 49.7 Å². The van der Waals surface area contributed by atoms with Crippen molar-refractivity contribution in [3.8, 4) is 0 Å². The number of carbonyl (C=O) groups is 4. The molecule has 0 saturated carbocycles. The van der Waals surface area contributed by atoms with Crippen molar-refractivity contribution in [3.05, 3.63) is 59.2 Å². The summed E-state index contributed by atoms with van der Waals surface area (Å²) < 4.78 is 45.0. The van der Waals surface area contributed by atoms with E-state index in [1.54, 1.807) is 20.8 Å². The van der Waals surface area contributed by atoms with E-state index in [2.05, 4.69) is 10.6 Å². The van der Waals surface area contributed by atoms with Gasteiger partial charge in [-0.05, 0) is 51.1 Å². The number of anilines is 2. The molecule has 4 amide bonds. The highest BCUT2D eigenvalue weighted by Crippen LogP contribution is 2.25. The topological polar surface area (TPSA) is 147 Å². The van der Waals surface area contributed by atoms with Gasteiger partial charge in [0.05, 0.1) is 25.4 Å². The lowest BCUT2D eigenvalue weighted by Crippen LogP contribution is -2.55. The smallest absolute Gasteiger partial charge is 0.407 e. The number of ether oxygens (including phenoxy) is 3. The summed E-state index contributed by atoms with van der Waals surface area (Å²) in [6.07, 6.45) is -4.31. The van der Waals surface area contributed by atoms with Crippen molar-refractivity contribution < 1.29 is 47.3 Å². The van der Waals surface area contributed by atoms with Crippen LogP contribution in [0.25, 0.3) is 0 Å². The molecule has 2 aromatic rings. The molecular formula is C29H34F2N4O8. The number of morpholine rings is 2. The molecule has 0 bridgehead atoms. The SMILES string of the molecule is CC(C)(C)OC(=O)NCc1ccc(NC(=O)[C@H](O)[C@H]2OCCN(c3ccc(F)c(C(=O)N4CCOCC4)c3)C2=O)cc1F. The van der Waals surface area contributed by atoms with Crippen LogP contribution in [-0.4, -0.2) is 91.1 Å². The highest BCUT2D eigenvalue weighted by Gasteiger charge is 2.40. The first-order chi connectivity index (χ1) is 20.3. The number of nitrogens with one attached hydrogen (secondary N) is 2. The van der Waals surface area contributed by atoms with E-state index in [4.69, 9.17) is 14.2 Å². The van der Waals surface area contributed by atoms with E-state index >= 15 is 0 Å². The third-order valence-electron chi connectivity index (χ3n) is 6.61. The van der Waals surface area contributed by atoms with Crippen LogP contribution >= 0.6 is 0 Å². The van der Waals surface area contributed by atoms with Crippen LogP contribution in [0.1, 0.15) is 36.7 Å². The summed E-state index contributed by atoms with van der Waals surface area (Å²) in [5, 5.41) is 15.5. The van der Waals surface area contributed by atoms with Gasteiger partial charge < -0.3 is 39.8 Å². The monoisotopic (exact) mass is 604 g/mol. The highest BCUT2D eigenvalue weighted by molar-refractivity contribution is 6.04. The van der Waals surface area contributed by atoms with Crippen LogP contribution in [0.15, 0.2) is 36.4 Å². The van der Waals surface area contributed by atoms with E-state index < -0.39 is 53.3 Å². The number of alkyl carbamates (subject to hydrolysis) is 1. The number of rotatable bonds is 7. The fourth-order valence-corrected chi connectivity index (χ4v) is 4.47. The maximum atomic E-state index is 14.6. The zero-order chi connectivity index (χ0) is 31.3. The number of aliphatic hydroxyl groups excluding tert-OH is 1. The van der Waals surface area contributed by atoms with E-state index in [9.17, 15) is 33.1 Å². The zero-order valence-corrected chi connectivity index (χ0v) is 24.0. The van der Waals surface area contributed by atoms with Gasteiger partial charge in [0.1, 0.15) is 17.2 Å². The molecule has 43 heavy (non-hydrogen) atoms. The number of hydrogen-bond donors (Lipinski definition) is 3. The molecule has 2 aliphatic heterocycles. The lowest BCUT2D eigenvalue weighted by molar-refractivity contribution is -0.150. The summed E-state index contributed by atoms with van der Waals surface area (Å²) in [6.45, 7) is 6.16. The van der Waals surface area contributed by atoms with Gasteiger partial charge in [0.15, 0.2) is 12.2 Å². The first kappa shape index (κ1) is 31.8. The molecular weight excluding hydrogens is 570 g/mol. The number of nitrogens with zero attached hydrogens (tertiary/aromatic N) is 2. The average molecular weight is 605 g/mol. The number of aliphatic hydroxyl groups is 1. The maximum Gasteiger partial charge on any atom is 0.407 e. The highest BCUT2D eigenvalue weighted by atomic mass is 19.1. The van der Waals surface area contributed by atoms with Crippen LogP contribution in [0.4, 0.5) is 25.0 Å². The van der Waals surface area contributed by atoms with E-state index in [0.717, 1.165) is 12.1 Å². The summed E-state index contributed by atoms with van der Waals surface area (Å²) in [4.78, 5) is 53.4. The molecule has 0 unspecified atom stereocenters. The second-order valence-electron chi connectivity index (χ2n) is 10.9. The molecule has 0 spiro atoms. The van der Waals surface area contributed by atoms with Gasteiger partial charge >= 0.3 is 6.09 Å². The third kappa shape index (κ3) is 8.03. The van der Waals surface area contributed by atoms with Crippen LogP contribution in [0.3, 0.4) is 0 Å². The molecule has 3 N–H and O–H groups in total. The van der Waals surface area contributed by atoms with Gasteiger partial charge in [0.25, 0.3) is 17.7 Å². The van der Waals surface area contributed by atoms with Gasteiger partial charge in [0.2, 0.25) is 0 Å². The standard InChI is InChI=1S/C29H34F2N4O8/c1-29(2,3)43-28(40)32-16-17-4-5-18(14-22(17)31)33-25(37)23(36)24-27(39)35(10-13-42-24)19-6-7-21(30)20(15-19)26(38)34-8-11-41-12-9-34/h4-7,14-15,23-24,36H,8-13,16H2,1-3H3,(H,32,40)(H,33,37)/t23-,24-/m1/s1. The van der Waals surface area contributed by atoms with Crippen molar-refractivity contribution in [1.82, 2.24) is 10.2 Å². The second kappa shape index (κ2) is 13.4. The van der Waals surface area contributed by atoms with E-state index in [0.29, 0.717) is 26.3 Å². The Morgan fingerprint density at radius 3 is 2.44 bits per heavy atom. The number of carbonyl (C=O) groups excluding carboxylic acids is 4. The molecule has 2 heterocycles. The summed E-state index contributed by atoms with van der Waals surface area (Å²) in [6, 6.07) is 7.34. The summed E-state index contributed by atoms with van der Waals surface area (Å²) in [7, 11) is 0. The fourth-order valence-electron chi connectivity index (χ4n) is 4.47. The van der Waals surface area contributed by atoms with Crippen LogP contribution in [-0.2, 0) is 30.3 Å². The normalized spacial score (nSPS) is 18.2. The first-order valence-corrected chi connectivity index (χ1v) is 13.7. The Bertz CT molecular complexity index is 1380. The zero-order valence-electron chi connectivity index (χ0n) is 24.0. The Labute approximate surface area is 246 Å². The Hall–Kier alpha value is -4.14. The number of halogens is 2. The molecule has 0 radical (unpaired) electrons. The van der Waals surface area contributed by atoms with Crippen LogP contribution in [0.5, 0.6) is 0 Å². The Morgan fingerprint density at radius 1 is 1.05 bits per heavy atom. The molecule has 0 aliphatic carbocycles. The molecule has 4 rings (SSSR count). The minimum absolute atomic E-state index is 0.00696. The van der Waals surface area contributed by atoms with Gasteiger partial charge in [-0.3, -0.25) is 14.4 Å². The average Bonchev–Trinajstić information content (AvgIpc) is 2.96. The van der Waals surface area contributed by atoms with Crippen LogP contribution in [0.2, 0.25) is 0 Å². The van der Waals surface area contributed by atoms with E-state index in [1.807, 2.05) is 0 Å². The molecule has 0 aromatic heterocycles. The predicted octanol–water partition coefficient (Wildman–Crippen LogP) is 2.19. The minimum atomic E-state index is -1.97. The van der Waals surface area contributed by atoms with Gasteiger partial charge in [-0.25, -0.2) is 13.6 Å². The number of hydrogen-bond acceptors (Lipinski definition) is 8. The second-order valence-corrected chi connectivity index (χ2v) is 10.9.